The molecule has 1 aromatic carbocycles. The summed E-state index contributed by atoms with van der Waals surface area (Å²) in [6.45, 7) is 5.37. The number of carbonyl (C=O) groups is 2. The number of hydrogen-bond donors (Lipinski definition) is 1. The van der Waals surface area contributed by atoms with Crippen LogP contribution in [0, 0.1) is 23.0 Å². The molecule has 0 bridgehead atoms. The molecular weight excluding hydrogens is 372 g/mol. The van der Waals surface area contributed by atoms with Gasteiger partial charge in [0.15, 0.2) is 5.78 Å². The third-order valence-electron chi connectivity index (χ3n) is 4.29. The van der Waals surface area contributed by atoms with E-state index in [2.05, 4.69) is 0 Å². The van der Waals surface area contributed by atoms with Gasteiger partial charge in [0, 0.05) is 25.7 Å². The average molecular weight is 395 g/mol. The number of Topliss-reactive ketones (excluding diaryl/α,β-unsaturated/α-hetero) is 1. The summed E-state index contributed by atoms with van der Waals surface area (Å²) in [6, 6.07) is 2.43. The minimum absolute atomic E-state index is 0.147. The highest BCUT2D eigenvalue weighted by Gasteiger charge is 2.33. The van der Waals surface area contributed by atoms with E-state index in [0.717, 1.165) is 6.07 Å². The fourth-order valence-corrected chi connectivity index (χ4v) is 2.88. The number of nitrogens with zero attached hydrogens (tertiary/aromatic N) is 3. The van der Waals surface area contributed by atoms with Gasteiger partial charge in [0.25, 0.3) is 0 Å². The van der Waals surface area contributed by atoms with Crippen molar-refractivity contribution in [1.29, 1.82) is 5.26 Å². The topological polar surface area (TPSA) is 93.9 Å². The zero-order valence-electron chi connectivity index (χ0n) is 16.0. The van der Waals surface area contributed by atoms with E-state index >= 15 is 0 Å². The minimum Gasteiger partial charge on any atom is -0.444 e. The van der Waals surface area contributed by atoms with Crippen LogP contribution < -0.4 is 0 Å². The first-order chi connectivity index (χ1) is 13.1. The molecule has 0 aliphatic carbocycles. The molecule has 1 aliphatic heterocycles. The summed E-state index contributed by atoms with van der Waals surface area (Å²) in [5, 5.41) is 18.5. The van der Waals surface area contributed by atoms with Gasteiger partial charge < -0.3 is 14.7 Å². The summed E-state index contributed by atoms with van der Waals surface area (Å²) in [7, 11) is 0. The largest absolute Gasteiger partial charge is 0.444 e. The van der Waals surface area contributed by atoms with Crippen LogP contribution in [0.15, 0.2) is 12.1 Å². The lowest BCUT2D eigenvalue weighted by molar-refractivity contribution is -0.00294. The third kappa shape index (κ3) is 5.24. The number of nitriles is 1. The normalized spacial score (nSPS) is 17.9. The highest BCUT2D eigenvalue weighted by molar-refractivity contribution is 5.98. The smallest absolute Gasteiger partial charge is 0.410 e. The van der Waals surface area contributed by atoms with E-state index in [1.54, 1.807) is 31.7 Å². The van der Waals surface area contributed by atoms with Gasteiger partial charge in [-0.1, -0.05) is 0 Å². The van der Waals surface area contributed by atoms with Crippen LogP contribution in [0.25, 0.3) is 0 Å². The van der Waals surface area contributed by atoms with Crippen molar-refractivity contribution in [3.8, 4) is 6.07 Å². The van der Waals surface area contributed by atoms with E-state index < -0.39 is 40.7 Å². The molecule has 1 heterocycles. The Bertz CT molecular complexity index is 802. The Morgan fingerprint density at radius 1 is 1.29 bits per heavy atom. The Hall–Kier alpha value is -2.57. The van der Waals surface area contributed by atoms with Gasteiger partial charge in [-0.3, -0.25) is 9.69 Å². The van der Waals surface area contributed by atoms with Crippen LogP contribution in [0.3, 0.4) is 0 Å². The van der Waals surface area contributed by atoms with Gasteiger partial charge in [-0.05, 0) is 26.8 Å². The Morgan fingerprint density at radius 3 is 2.54 bits per heavy atom. The number of halogens is 2. The highest BCUT2D eigenvalue weighted by atomic mass is 19.1. The molecule has 152 valence electrons. The van der Waals surface area contributed by atoms with Crippen molar-refractivity contribution in [2.75, 3.05) is 32.8 Å². The molecule has 28 heavy (non-hydrogen) atoms. The predicted octanol–water partition coefficient (Wildman–Crippen LogP) is 1.93. The van der Waals surface area contributed by atoms with Crippen molar-refractivity contribution in [1.82, 2.24) is 9.80 Å². The fraction of sp³-hybridized carbons (Fsp3) is 0.526. The van der Waals surface area contributed by atoms with Crippen molar-refractivity contribution in [3.63, 3.8) is 0 Å². The lowest BCUT2D eigenvalue weighted by Crippen LogP contribution is -2.57. The molecule has 1 atom stereocenters. The summed E-state index contributed by atoms with van der Waals surface area (Å²) in [5.41, 5.74) is -1.46. The van der Waals surface area contributed by atoms with Crippen molar-refractivity contribution in [3.05, 3.63) is 34.9 Å². The molecule has 0 saturated carbocycles. The molecule has 1 amide bonds. The van der Waals surface area contributed by atoms with E-state index in [1.165, 1.54) is 4.90 Å². The van der Waals surface area contributed by atoms with Crippen LogP contribution in [0.5, 0.6) is 0 Å². The van der Waals surface area contributed by atoms with Crippen LogP contribution in [0.2, 0.25) is 0 Å². The number of amides is 1. The van der Waals surface area contributed by atoms with Gasteiger partial charge >= 0.3 is 6.09 Å². The van der Waals surface area contributed by atoms with Crippen molar-refractivity contribution in [2.45, 2.75) is 32.4 Å². The van der Waals surface area contributed by atoms with Crippen LogP contribution >= 0.6 is 0 Å². The standard InChI is InChI=1S/C19H23F2N3O4/c1-19(2,3)28-18(27)24-5-4-23(13(9-24)11-25)10-17(26)14-6-12(8-22)15(20)7-16(14)21/h6-7,13,25H,4-5,9-11H2,1-3H3/t13-/m0/s1. The maximum absolute atomic E-state index is 14.0. The number of piperazine rings is 1. The predicted molar refractivity (Wildman–Crippen MR) is 95.7 cm³/mol. The van der Waals surface area contributed by atoms with Gasteiger partial charge in [-0.2, -0.15) is 5.26 Å². The number of aliphatic hydroxyl groups excluding tert-OH is 1. The zero-order valence-corrected chi connectivity index (χ0v) is 16.0. The second-order valence-corrected chi connectivity index (χ2v) is 7.58. The van der Waals surface area contributed by atoms with Crippen molar-refractivity contribution >= 4 is 11.9 Å². The van der Waals surface area contributed by atoms with Crippen LogP contribution in [-0.4, -0.2) is 71.2 Å². The molecule has 7 nitrogen and oxygen atoms in total. The summed E-state index contributed by atoms with van der Waals surface area (Å²) < 4.78 is 32.7. The zero-order chi connectivity index (χ0) is 21.1. The second-order valence-electron chi connectivity index (χ2n) is 7.58. The SMILES string of the molecule is CC(C)(C)OC(=O)N1CCN(CC(=O)c2cc(C#N)c(F)cc2F)[C@H](CO)C1. The number of carbonyl (C=O) groups excluding carboxylic acids is 2. The van der Waals surface area contributed by atoms with Gasteiger partial charge in [-0.15, -0.1) is 0 Å². The molecule has 1 aromatic rings. The van der Waals surface area contributed by atoms with Crippen LogP contribution in [0.1, 0.15) is 36.7 Å². The molecular formula is C19H23F2N3O4. The first kappa shape index (κ1) is 21.7. The molecule has 1 N–H and O–H groups in total. The van der Waals surface area contributed by atoms with Gasteiger partial charge in [-0.25, -0.2) is 13.6 Å². The number of ether oxygens (including phenoxy) is 1. The third-order valence-corrected chi connectivity index (χ3v) is 4.29. The van der Waals surface area contributed by atoms with Gasteiger partial charge in [0.2, 0.25) is 0 Å². The molecule has 1 saturated heterocycles. The maximum atomic E-state index is 14.0. The first-order valence-corrected chi connectivity index (χ1v) is 8.81. The molecule has 9 heteroatoms. The summed E-state index contributed by atoms with van der Waals surface area (Å²) >= 11 is 0. The van der Waals surface area contributed by atoms with Gasteiger partial charge in [0.05, 0.1) is 30.3 Å². The second kappa shape index (κ2) is 8.63. The van der Waals surface area contributed by atoms with Crippen LogP contribution in [0.4, 0.5) is 13.6 Å². The Labute approximate surface area is 162 Å². The molecule has 0 spiro atoms. The Balaban J connectivity index is 2.08. The molecule has 0 unspecified atom stereocenters. The molecule has 1 fully saturated rings. The number of aliphatic hydroxyl groups is 1. The quantitative estimate of drug-likeness (QED) is 0.783. The summed E-state index contributed by atoms with van der Waals surface area (Å²) in [6.07, 6.45) is -0.514. The number of hydrogen-bond acceptors (Lipinski definition) is 6. The Morgan fingerprint density at radius 2 is 1.96 bits per heavy atom. The minimum atomic E-state index is -1.05. The van der Waals surface area contributed by atoms with E-state index in [9.17, 15) is 23.5 Å². The number of rotatable bonds is 4. The maximum Gasteiger partial charge on any atom is 0.410 e. The van der Waals surface area contributed by atoms with Crippen molar-refractivity contribution < 1.29 is 28.2 Å². The highest BCUT2D eigenvalue weighted by Crippen LogP contribution is 2.18. The van der Waals surface area contributed by atoms with Crippen LogP contribution in [-0.2, 0) is 4.74 Å². The number of ketones is 1. The molecule has 1 aliphatic rings. The summed E-state index contributed by atoms with van der Waals surface area (Å²) in [5.74, 6) is -2.72. The lowest BCUT2D eigenvalue weighted by atomic mass is 10.0. The molecule has 0 aromatic heterocycles. The lowest BCUT2D eigenvalue weighted by Gasteiger charge is -2.40. The first-order valence-electron chi connectivity index (χ1n) is 8.81. The van der Waals surface area contributed by atoms with E-state index in [1.807, 2.05) is 0 Å². The molecule has 0 radical (unpaired) electrons. The fourth-order valence-electron chi connectivity index (χ4n) is 2.88. The summed E-state index contributed by atoms with van der Waals surface area (Å²) in [4.78, 5) is 27.7. The molecule has 2 rings (SSSR count). The Kier molecular flexibility index (Phi) is 6.69. The number of benzene rings is 1. The van der Waals surface area contributed by atoms with E-state index in [-0.39, 0.29) is 38.3 Å². The van der Waals surface area contributed by atoms with E-state index in [0.29, 0.717) is 6.07 Å². The van der Waals surface area contributed by atoms with Gasteiger partial charge in [0.1, 0.15) is 23.3 Å². The van der Waals surface area contributed by atoms with Crippen molar-refractivity contribution in [2.24, 2.45) is 0 Å². The average Bonchev–Trinajstić information content (AvgIpc) is 2.60. The van der Waals surface area contributed by atoms with E-state index in [4.69, 9.17) is 10.00 Å². The monoisotopic (exact) mass is 395 g/mol.